The van der Waals surface area contributed by atoms with Gasteiger partial charge in [0.2, 0.25) is 0 Å². The maximum absolute atomic E-state index is 11.1. The van der Waals surface area contributed by atoms with Crippen molar-refractivity contribution in [2.45, 2.75) is 25.1 Å². The second-order valence-electron chi connectivity index (χ2n) is 2.99. The van der Waals surface area contributed by atoms with Crippen molar-refractivity contribution in [3.63, 3.8) is 0 Å². The highest BCUT2D eigenvalue weighted by Crippen LogP contribution is 2.30. The highest BCUT2D eigenvalue weighted by molar-refractivity contribution is 8.93. The van der Waals surface area contributed by atoms with Crippen LogP contribution < -0.4 is 5.32 Å². The fraction of sp³-hybridized carbons (Fsp3) is 0.875. The zero-order chi connectivity index (χ0) is 9.03. The molecule has 1 heterocycles. The topological polar surface area (TPSA) is 38.3 Å². The van der Waals surface area contributed by atoms with E-state index >= 15 is 0 Å². The van der Waals surface area contributed by atoms with Gasteiger partial charge in [-0.2, -0.15) is 0 Å². The van der Waals surface area contributed by atoms with Crippen molar-refractivity contribution in [1.29, 1.82) is 0 Å². The van der Waals surface area contributed by atoms with Crippen molar-refractivity contribution in [2.24, 2.45) is 0 Å². The maximum Gasteiger partial charge on any atom is 0.308 e. The van der Waals surface area contributed by atoms with Gasteiger partial charge in [0.05, 0.1) is 17.9 Å². The van der Waals surface area contributed by atoms with E-state index in [1.807, 2.05) is 13.8 Å². The molecule has 78 valence electrons. The Kier molecular flexibility index (Phi) is 6.00. The van der Waals surface area contributed by atoms with Crippen LogP contribution in [0.5, 0.6) is 0 Å². The fourth-order valence-electron chi connectivity index (χ4n) is 1.24. The molecule has 1 unspecified atom stereocenters. The summed E-state index contributed by atoms with van der Waals surface area (Å²) in [7, 11) is 0. The first kappa shape index (κ1) is 13.3. The molecule has 1 aliphatic heterocycles. The van der Waals surface area contributed by atoms with Gasteiger partial charge in [0.15, 0.2) is 0 Å². The summed E-state index contributed by atoms with van der Waals surface area (Å²) >= 11 is 1.79. The van der Waals surface area contributed by atoms with Gasteiger partial charge in [0.1, 0.15) is 0 Å². The molecule has 1 aliphatic rings. The Morgan fingerprint density at radius 3 is 2.85 bits per heavy atom. The number of esters is 1. The van der Waals surface area contributed by atoms with Gasteiger partial charge < -0.3 is 10.1 Å². The molecule has 5 heteroatoms. The van der Waals surface area contributed by atoms with E-state index in [9.17, 15) is 4.79 Å². The number of rotatable bonds is 3. The average Bonchev–Trinajstić information content (AvgIpc) is 2.36. The van der Waals surface area contributed by atoms with Crippen LogP contribution in [0.3, 0.4) is 0 Å². The molecule has 1 fully saturated rings. The van der Waals surface area contributed by atoms with E-state index in [1.54, 1.807) is 11.8 Å². The summed E-state index contributed by atoms with van der Waals surface area (Å²) < 4.78 is 4.88. The van der Waals surface area contributed by atoms with Crippen molar-refractivity contribution in [3.8, 4) is 0 Å². The molecule has 13 heavy (non-hydrogen) atoms. The van der Waals surface area contributed by atoms with Crippen molar-refractivity contribution in [1.82, 2.24) is 5.32 Å². The second kappa shape index (κ2) is 5.88. The zero-order valence-electron chi connectivity index (χ0n) is 7.96. The summed E-state index contributed by atoms with van der Waals surface area (Å²) in [5, 5.41) is 3.28. The molecular formula is C8H16BrNO2S. The third-order valence-corrected chi connectivity index (χ3v) is 3.14. The fourth-order valence-corrected chi connectivity index (χ4v) is 2.32. The second-order valence-corrected chi connectivity index (χ2v) is 4.59. The number of carbonyl (C=O) groups excluding carboxylic acids is 1. The molecule has 1 rings (SSSR count). The molecule has 0 radical (unpaired) electrons. The molecule has 1 atom stereocenters. The van der Waals surface area contributed by atoms with Gasteiger partial charge in [-0.25, -0.2) is 0 Å². The van der Waals surface area contributed by atoms with Gasteiger partial charge in [-0.05, 0) is 13.8 Å². The van der Waals surface area contributed by atoms with Gasteiger partial charge >= 0.3 is 5.97 Å². The number of thioether (sulfide) groups is 1. The first-order chi connectivity index (χ1) is 5.66. The average molecular weight is 270 g/mol. The van der Waals surface area contributed by atoms with Crippen LogP contribution in [0.25, 0.3) is 0 Å². The van der Waals surface area contributed by atoms with E-state index in [0.717, 1.165) is 12.3 Å². The van der Waals surface area contributed by atoms with Gasteiger partial charge in [-0.15, -0.1) is 28.7 Å². The van der Waals surface area contributed by atoms with Crippen LogP contribution in [-0.4, -0.2) is 29.7 Å². The van der Waals surface area contributed by atoms with Crippen LogP contribution in [0.1, 0.15) is 20.3 Å². The van der Waals surface area contributed by atoms with Gasteiger partial charge in [-0.1, -0.05) is 0 Å². The van der Waals surface area contributed by atoms with Crippen molar-refractivity contribution >= 4 is 34.7 Å². The molecule has 0 aliphatic carbocycles. The third-order valence-electron chi connectivity index (χ3n) is 1.81. The number of hydrogen-bond donors (Lipinski definition) is 1. The molecule has 0 saturated carbocycles. The van der Waals surface area contributed by atoms with E-state index in [4.69, 9.17) is 4.74 Å². The maximum atomic E-state index is 11.1. The lowest BCUT2D eigenvalue weighted by molar-refractivity contribution is -0.143. The smallest absolute Gasteiger partial charge is 0.308 e. The lowest BCUT2D eigenvalue weighted by Crippen LogP contribution is -2.36. The SMILES string of the molecule is Br.CCOC(=O)CC1(C)NCCS1. The number of carbonyl (C=O) groups is 1. The Hall–Kier alpha value is 0.260. The van der Waals surface area contributed by atoms with E-state index in [0.29, 0.717) is 13.0 Å². The standard InChI is InChI=1S/C8H15NO2S.BrH/c1-3-11-7(10)6-8(2)9-4-5-12-8;/h9H,3-6H2,1-2H3;1H. The molecule has 0 bridgehead atoms. The quantitative estimate of drug-likeness (QED) is 0.790. The monoisotopic (exact) mass is 269 g/mol. The van der Waals surface area contributed by atoms with Crippen molar-refractivity contribution in [2.75, 3.05) is 18.9 Å². The minimum absolute atomic E-state index is 0. The third kappa shape index (κ3) is 4.33. The van der Waals surface area contributed by atoms with E-state index in [1.165, 1.54) is 0 Å². The molecular weight excluding hydrogens is 254 g/mol. The summed E-state index contributed by atoms with van der Waals surface area (Å²) in [6, 6.07) is 0. The Morgan fingerprint density at radius 1 is 1.69 bits per heavy atom. The number of ether oxygens (including phenoxy) is 1. The van der Waals surface area contributed by atoms with Crippen LogP contribution in [0.15, 0.2) is 0 Å². The van der Waals surface area contributed by atoms with Crippen LogP contribution in [0.4, 0.5) is 0 Å². The van der Waals surface area contributed by atoms with E-state index in [-0.39, 0.29) is 27.8 Å². The number of halogens is 1. The normalized spacial score (nSPS) is 26.6. The van der Waals surface area contributed by atoms with Crippen molar-refractivity contribution in [3.05, 3.63) is 0 Å². The summed E-state index contributed by atoms with van der Waals surface area (Å²) in [4.78, 5) is 11.0. The molecule has 1 saturated heterocycles. The lowest BCUT2D eigenvalue weighted by atomic mass is 10.2. The minimum atomic E-state index is -0.109. The first-order valence-electron chi connectivity index (χ1n) is 4.21. The predicted molar refractivity (Wildman–Crippen MR) is 60.4 cm³/mol. The molecule has 1 N–H and O–H groups in total. The molecule has 0 spiro atoms. The molecule has 0 aromatic heterocycles. The van der Waals surface area contributed by atoms with Gasteiger partial charge in [0.25, 0.3) is 0 Å². The summed E-state index contributed by atoms with van der Waals surface area (Å²) in [6.45, 7) is 5.33. The highest BCUT2D eigenvalue weighted by Gasteiger charge is 2.31. The molecule has 0 aromatic carbocycles. The van der Waals surface area contributed by atoms with Crippen LogP contribution >= 0.6 is 28.7 Å². The predicted octanol–water partition coefficient (Wildman–Crippen LogP) is 1.57. The minimum Gasteiger partial charge on any atom is -0.466 e. The Bertz CT molecular complexity index is 172. The van der Waals surface area contributed by atoms with Crippen molar-refractivity contribution < 1.29 is 9.53 Å². The summed E-state index contributed by atoms with van der Waals surface area (Å²) in [5.74, 6) is 0.970. The van der Waals surface area contributed by atoms with Crippen LogP contribution in [0, 0.1) is 0 Å². The molecule has 0 amide bonds. The molecule has 0 aromatic rings. The van der Waals surface area contributed by atoms with Gasteiger partial charge in [0, 0.05) is 12.3 Å². The Labute approximate surface area is 93.7 Å². The van der Waals surface area contributed by atoms with E-state index in [2.05, 4.69) is 5.32 Å². The lowest BCUT2D eigenvalue weighted by Gasteiger charge is -2.21. The van der Waals surface area contributed by atoms with Crippen LogP contribution in [0.2, 0.25) is 0 Å². The summed E-state index contributed by atoms with van der Waals surface area (Å²) in [5.41, 5.74) is 0. The first-order valence-corrected chi connectivity index (χ1v) is 5.19. The number of nitrogens with one attached hydrogen (secondary N) is 1. The Morgan fingerprint density at radius 2 is 2.38 bits per heavy atom. The van der Waals surface area contributed by atoms with E-state index < -0.39 is 0 Å². The number of hydrogen-bond acceptors (Lipinski definition) is 4. The molecule has 3 nitrogen and oxygen atoms in total. The summed E-state index contributed by atoms with van der Waals surface area (Å²) in [6.07, 6.45) is 0.464. The highest BCUT2D eigenvalue weighted by atomic mass is 79.9. The zero-order valence-corrected chi connectivity index (χ0v) is 10.5. The largest absolute Gasteiger partial charge is 0.466 e. The van der Waals surface area contributed by atoms with Gasteiger partial charge in [-0.3, -0.25) is 4.79 Å². The van der Waals surface area contributed by atoms with Crippen LogP contribution in [-0.2, 0) is 9.53 Å². The Balaban J connectivity index is 0.00000144.